The van der Waals surface area contributed by atoms with Crippen LogP contribution in [0.3, 0.4) is 0 Å². The Balaban J connectivity index is 1.66. The van der Waals surface area contributed by atoms with Crippen LogP contribution in [0.15, 0.2) is 77.7 Å². The summed E-state index contributed by atoms with van der Waals surface area (Å²) >= 11 is 0. The molecule has 2 N–H and O–H groups in total. The summed E-state index contributed by atoms with van der Waals surface area (Å²) in [5, 5.41) is 2.76. The van der Waals surface area contributed by atoms with Crippen molar-refractivity contribution in [3.05, 3.63) is 83.9 Å². The van der Waals surface area contributed by atoms with E-state index in [0.29, 0.717) is 22.7 Å². The molecule has 7 heteroatoms. The van der Waals surface area contributed by atoms with Crippen molar-refractivity contribution in [2.45, 2.75) is 31.8 Å². The van der Waals surface area contributed by atoms with Gasteiger partial charge in [0.1, 0.15) is 5.75 Å². The van der Waals surface area contributed by atoms with Crippen LogP contribution < -0.4 is 14.8 Å². The normalized spacial score (nSPS) is 11.2. The van der Waals surface area contributed by atoms with Crippen molar-refractivity contribution in [2.75, 3.05) is 10.0 Å². The molecule has 0 bridgehead atoms. The average molecular weight is 425 g/mol. The molecular formula is C23H24N2O4S. The summed E-state index contributed by atoms with van der Waals surface area (Å²) in [5.41, 5.74) is 2.50. The lowest BCUT2D eigenvalue weighted by Crippen LogP contribution is -2.14. The Kier molecular flexibility index (Phi) is 6.42. The van der Waals surface area contributed by atoms with Crippen LogP contribution >= 0.6 is 0 Å². The molecule has 0 saturated heterocycles. The minimum Gasteiger partial charge on any atom is -0.491 e. The predicted octanol–water partition coefficient (Wildman–Crippen LogP) is 4.84. The number of sulfonamides is 1. The Hall–Kier alpha value is -3.32. The third-order valence-corrected chi connectivity index (χ3v) is 5.61. The van der Waals surface area contributed by atoms with Crippen LogP contribution in [0.1, 0.15) is 29.8 Å². The summed E-state index contributed by atoms with van der Waals surface area (Å²) in [6.45, 7) is 5.79. The molecule has 0 saturated carbocycles. The maximum absolute atomic E-state index is 12.5. The minimum atomic E-state index is -3.71. The molecule has 3 aromatic carbocycles. The van der Waals surface area contributed by atoms with Gasteiger partial charge in [0.15, 0.2) is 0 Å². The second-order valence-corrected chi connectivity index (χ2v) is 8.82. The molecule has 0 spiro atoms. The van der Waals surface area contributed by atoms with Gasteiger partial charge in [-0.15, -0.1) is 0 Å². The highest BCUT2D eigenvalue weighted by atomic mass is 32.2. The fourth-order valence-corrected chi connectivity index (χ4v) is 3.77. The summed E-state index contributed by atoms with van der Waals surface area (Å²) in [7, 11) is -3.71. The van der Waals surface area contributed by atoms with E-state index in [4.69, 9.17) is 4.74 Å². The van der Waals surface area contributed by atoms with Gasteiger partial charge in [-0.05, 0) is 81.4 Å². The molecule has 0 aliphatic carbocycles. The molecule has 0 atom stereocenters. The van der Waals surface area contributed by atoms with Crippen LogP contribution in [0, 0.1) is 6.92 Å². The van der Waals surface area contributed by atoms with E-state index < -0.39 is 10.0 Å². The first-order valence-electron chi connectivity index (χ1n) is 9.50. The maximum Gasteiger partial charge on any atom is 0.261 e. The number of benzene rings is 3. The highest BCUT2D eigenvalue weighted by Crippen LogP contribution is 2.20. The van der Waals surface area contributed by atoms with Crippen LogP contribution in [0.25, 0.3) is 0 Å². The van der Waals surface area contributed by atoms with E-state index in [1.807, 2.05) is 32.9 Å². The van der Waals surface area contributed by atoms with Gasteiger partial charge in [-0.3, -0.25) is 9.52 Å². The van der Waals surface area contributed by atoms with Crippen LogP contribution in [-0.4, -0.2) is 20.4 Å². The molecule has 0 aliphatic heterocycles. The zero-order chi connectivity index (χ0) is 21.7. The topological polar surface area (TPSA) is 84.5 Å². The molecule has 0 fully saturated rings. The monoisotopic (exact) mass is 424 g/mol. The van der Waals surface area contributed by atoms with Crippen molar-refractivity contribution in [2.24, 2.45) is 0 Å². The van der Waals surface area contributed by atoms with E-state index in [9.17, 15) is 13.2 Å². The van der Waals surface area contributed by atoms with Gasteiger partial charge in [0.25, 0.3) is 15.9 Å². The highest BCUT2D eigenvalue weighted by molar-refractivity contribution is 7.92. The number of carbonyl (C=O) groups is 1. The van der Waals surface area contributed by atoms with Gasteiger partial charge in [-0.2, -0.15) is 0 Å². The zero-order valence-corrected chi connectivity index (χ0v) is 17.9. The minimum absolute atomic E-state index is 0.0555. The number of anilines is 2. The van der Waals surface area contributed by atoms with E-state index in [1.54, 1.807) is 48.5 Å². The molecule has 0 heterocycles. The quantitative estimate of drug-likeness (QED) is 0.569. The van der Waals surface area contributed by atoms with Crippen LogP contribution in [0.4, 0.5) is 11.4 Å². The van der Waals surface area contributed by atoms with Crippen molar-refractivity contribution in [3.63, 3.8) is 0 Å². The van der Waals surface area contributed by atoms with Gasteiger partial charge in [0.05, 0.1) is 11.0 Å². The number of hydrogen-bond donors (Lipinski definition) is 2. The van der Waals surface area contributed by atoms with Crippen LogP contribution in [0.5, 0.6) is 5.75 Å². The largest absolute Gasteiger partial charge is 0.491 e. The van der Waals surface area contributed by atoms with E-state index in [0.717, 1.165) is 5.56 Å². The van der Waals surface area contributed by atoms with E-state index >= 15 is 0 Å². The fraction of sp³-hybridized carbons (Fsp3) is 0.174. The first-order chi connectivity index (χ1) is 14.2. The van der Waals surface area contributed by atoms with Gasteiger partial charge >= 0.3 is 0 Å². The summed E-state index contributed by atoms with van der Waals surface area (Å²) < 4.78 is 33.2. The van der Waals surface area contributed by atoms with Gasteiger partial charge in [-0.25, -0.2) is 8.42 Å². The van der Waals surface area contributed by atoms with E-state index in [-0.39, 0.29) is 16.9 Å². The molecule has 6 nitrogen and oxygen atoms in total. The number of ether oxygens (including phenoxy) is 1. The second-order valence-electron chi connectivity index (χ2n) is 7.14. The molecule has 0 unspecified atom stereocenters. The first kappa shape index (κ1) is 21.4. The Bertz CT molecular complexity index is 1110. The number of rotatable bonds is 7. The molecule has 3 aromatic rings. The molecule has 30 heavy (non-hydrogen) atoms. The van der Waals surface area contributed by atoms with Gasteiger partial charge in [0.2, 0.25) is 0 Å². The molecular weight excluding hydrogens is 400 g/mol. The molecule has 0 radical (unpaired) electrons. The standard InChI is InChI=1S/C23H24N2O4S/c1-16(2)29-21-12-6-18(7-13-21)23(26)24-19-10-14-22(15-11-19)30(27,28)25-20-8-4-17(3)5-9-20/h4-16,25H,1-3H3,(H,24,26). The van der Waals surface area contributed by atoms with Crippen LogP contribution in [-0.2, 0) is 10.0 Å². The molecule has 0 aromatic heterocycles. The second kappa shape index (κ2) is 9.00. The summed E-state index contributed by atoms with van der Waals surface area (Å²) in [6.07, 6.45) is 0.0555. The van der Waals surface area contributed by atoms with Crippen molar-refractivity contribution in [3.8, 4) is 5.75 Å². The van der Waals surface area contributed by atoms with Crippen LogP contribution in [0.2, 0.25) is 0 Å². The molecule has 156 valence electrons. The number of carbonyl (C=O) groups excluding carboxylic acids is 1. The van der Waals surface area contributed by atoms with Crippen molar-refractivity contribution in [1.29, 1.82) is 0 Å². The summed E-state index contributed by atoms with van der Waals surface area (Å²) in [5.74, 6) is 0.400. The van der Waals surface area contributed by atoms with Crippen molar-refractivity contribution in [1.82, 2.24) is 0 Å². The van der Waals surface area contributed by atoms with E-state index in [1.165, 1.54) is 12.1 Å². The molecule has 1 amide bonds. The zero-order valence-electron chi connectivity index (χ0n) is 17.0. The number of hydrogen-bond acceptors (Lipinski definition) is 4. The Labute approximate surface area is 177 Å². The molecule has 3 rings (SSSR count). The van der Waals surface area contributed by atoms with Gasteiger partial charge in [0, 0.05) is 16.9 Å². The number of amides is 1. The van der Waals surface area contributed by atoms with Gasteiger partial charge in [-0.1, -0.05) is 17.7 Å². The Morgan fingerprint density at radius 3 is 1.97 bits per heavy atom. The maximum atomic E-state index is 12.5. The van der Waals surface area contributed by atoms with Crippen molar-refractivity contribution < 1.29 is 17.9 Å². The SMILES string of the molecule is Cc1ccc(NS(=O)(=O)c2ccc(NC(=O)c3ccc(OC(C)C)cc3)cc2)cc1. The molecule has 0 aliphatic rings. The van der Waals surface area contributed by atoms with Gasteiger partial charge < -0.3 is 10.1 Å². The smallest absolute Gasteiger partial charge is 0.261 e. The lowest BCUT2D eigenvalue weighted by Gasteiger charge is -2.11. The Morgan fingerprint density at radius 2 is 1.40 bits per heavy atom. The summed E-state index contributed by atoms with van der Waals surface area (Å²) in [4.78, 5) is 12.5. The predicted molar refractivity (Wildman–Crippen MR) is 119 cm³/mol. The third-order valence-electron chi connectivity index (χ3n) is 4.21. The first-order valence-corrected chi connectivity index (χ1v) is 11.0. The van der Waals surface area contributed by atoms with Crippen molar-refractivity contribution >= 4 is 27.3 Å². The summed E-state index contributed by atoms with van der Waals surface area (Å²) in [6, 6.07) is 19.9. The number of aryl methyl sites for hydroxylation is 1. The average Bonchev–Trinajstić information content (AvgIpc) is 2.70. The van der Waals surface area contributed by atoms with E-state index in [2.05, 4.69) is 10.0 Å². The lowest BCUT2D eigenvalue weighted by atomic mass is 10.2. The third kappa shape index (κ3) is 5.61. The fourth-order valence-electron chi connectivity index (χ4n) is 2.71. The number of nitrogens with one attached hydrogen (secondary N) is 2. The highest BCUT2D eigenvalue weighted by Gasteiger charge is 2.14. The Morgan fingerprint density at radius 1 is 0.833 bits per heavy atom. The lowest BCUT2D eigenvalue weighted by molar-refractivity contribution is 0.102.